The Morgan fingerprint density at radius 1 is 1.44 bits per heavy atom. The summed E-state index contributed by atoms with van der Waals surface area (Å²) >= 11 is 3.31. The summed E-state index contributed by atoms with van der Waals surface area (Å²) in [7, 11) is 0. The highest BCUT2D eigenvalue weighted by Gasteiger charge is 2.08. The predicted molar refractivity (Wildman–Crippen MR) is 72.6 cm³/mol. The van der Waals surface area contributed by atoms with Crippen LogP contribution in [0.25, 0.3) is 0 Å². The lowest BCUT2D eigenvalue weighted by molar-refractivity contribution is 0.0890. The van der Waals surface area contributed by atoms with Crippen LogP contribution in [0.1, 0.15) is 5.56 Å². The molecule has 4 nitrogen and oxygen atoms in total. The normalized spacial score (nSPS) is 12.4. The fraction of sp³-hybridized carbons (Fsp3) is 0.308. The molecule has 1 unspecified atom stereocenters. The van der Waals surface area contributed by atoms with Crippen LogP contribution < -0.4 is 4.74 Å². The first-order valence-electron chi connectivity index (χ1n) is 5.69. The lowest BCUT2D eigenvalue weighted by Crippen LogP contribution is -2.24. The maximum atomic E-state index is 9.86. The van der Waals surface area contributed by atoms with Gasteiger partial charge in [-0.2, -0.15) is 5.10 Å². The third-order valence-electron chi connectivity index (χ3n) is 2.52. The summed E-state index contributed by atoms with van der Waals surface area (Å²) in [5, 5.41) is 13.9. The van der Waals surface area contributed by atoms with Gasteiger partial charge in [-0.3, -0.25) is 4.68 Å². The Hall–Kier alpha value is -1.33. The maximum absolute atomic E-state index is 9.86. The summed E-state index contributed by atoms with van der Waals surface area (Å²) in [6.07, 6.45) is 2.92. The highest BCUT2D eigenvalue weighted by molar-refractivity contribution is 9.10. The van der Waals surface area contributed by atoms with Crippen LogP contribution >= 0.6 is 15.9 Å². The van der Waals surface area contributed by atoms with Gasteiger partial charge in [0, 0.05) is 6.20 Å². The lowest BCUT2D eigenvalue weighted by Gasteiger charge is -2.13. The Balaban J connectivity index is 1.85. The number of halogens is 1. The van der Waals surface area contributed by atoms with Gasteiger partial charge in [-0.25, -0.2) is 0 Å². The predicted octanol–water partition coefficient (Wildman–Crippen LogP) is 2.39. The Bertz CT molecular complexity index is 513. The molecule has 1 aromatic carbocycles. The van der Waals surface area contributed by atoms with E-state index in [9.17, 15) is 5.11 Å². The van der Waals surface area contributed by atoms with E-state index in [-0.39, 0.29) is 6.61 Å². The van der Waals surface area contributed by atoms with Crippen molar-refractivity contribution in [3.05, 3.63) is 46.7 Å². The van der Waals surface area contributed by atoms with Crippen LogP contribution in [0, 0.1) is 6.92 Å². The summed E-state index contributed by atoms with van der Waals surface area (Å²) in [5.74, 6) is 0.804. The Morgan fingerprint density at radius 3 is 2.89 bits per heavy atom. The number of aromatic nitrogens is 2. The van der Waals surface area contributed by atoms with Gasteiger partial charge in [-0.05, 0) is 34.5 Å². The highest BCUT2D eigenvalue weighted by Crippen LogP contribution is 2.16. The molecule has 0 aliphatic rings. The molecule has 5 heteroatoms. The molecule has 0 fully saturated rings. The number of para-hydroxylation sites is 1. The molecular weight excluding hydrogens is 296 g/mol. The van der Waals surface area contributed by atoms with Crippen LogP contribution in [0.5, 0.6) is 5.75 Å². The number of benzene rings is 1. The van der Waals surface area contributed by atoms with Crippen LogP contribution in [0.15, 0.2) is 41.1 Å². The molecule has 1 atom stereocenters. The van der Waals surface area contributed by atoms with E-state index in [1.54, 1.807) is 10.9 Å². The highest BCUT2D eigenvalue weighted by atomic mass is 79.9. The minimum absolute atomic E-state index is 0.252. The average Bonchev–Trinajstić information content (AvgIpc) is 2.74. The molecule has 0 amide bonds. The number of aliphatic hydroxyl groups excluding tert-OH is 1. The zero-order chi connectivity index (χ0) is 13.0. The first kappa shape index (κ1) is 13.1. The molecule has 96 valence electrons. The van der Waals surface area contributed by atoms with E-state index in [4.69, 9.17) is 4.74 Å². The molecule has 2 rings (SSSR count). The minimum Gasteiger partial charge on any atom is -0.491 e. The molecule has 0 aliphatic carbocycles. The van der Waals surface area contributed by atoms with E-state index < -0.39 is 6.10 Å². The summed E-state index contributed by atoms with van der Waals surface area (Å²) in [6, 6.07) is 7.75. The van der Waals surface area contributed by atoms with Gasteiger partial charge in [0.25, 0.3) is 0 Å². The van der Waals surface area contributed by atoms with Gasteiger partial charge in [0.1, 0.15) is 18.5 Å². The largest absolute Gasteiger partial charge is 0.491 e. The van der Waals surface area contributed by atoms with E-state index >= 15 is 0 Å². The van der Waals surface area contributed by atoms with Crippen molar-refractivity contribution < 1.29 is 9.84 Å². The van der Waals surface area contributed by atoms with Gasteiger partial charge >= 0.3 is 0 Å². The molecule has 0 aliphatic heterocycles. The van der Waals surface area contributed by atoms with Crippen molar-refractivity contribution in [2.75, 3.05) is 6.61 Å². The van der Waals surface area contributed by atoms with Crippen molar-refractivity contribution in [2.24, 2.45) is 0 Å². The fourth-order valence-electron chi connectivity index (χ4n) is 1.61. The smallest absolute Gasteiger partial charge is 0.122 e. The van der Waals surface area contributed by atoms with Crippen molar-refractivity contribution in [1.29, 1.82) is 0 Å². The van der Waals surface area contributed by atoms with Gasteiger partial charge in [-0.15, -0.1) is 0 Å². The van der Waals surface area contributed by atoms with Gasteiger partial charge in [0.2, 0.25) is 0 Å². The van der Waals surface area contributed by atoms with Crippen molar-refractivity contribution >= 4 is 15.9 Å². The van der Waals surface area contributed by atoms with Crippen LogP contribution in [-0.2, 0) is 6.54 Å². The third kappa shape index (κ3) is 3.58. The van der Waals surface area contributed by atoms with Crippen LogP contribution in [-0.4, -0.2) is 27.6 Å². The Kier molecular flexibility index (Phi) is 4.38. The molecule has 1 aromatic heterocycles. The fourth-order valence-corrected chi connectivity index (χ4v) is 1.94. The molecule has 0 spiro atoms. The molecule has 1 N–H and O–H groups in total. The first-order chi connectivity index (χ1) is 8.65. The molecule has 0 saturated carbocycles. The van der Waals surface area contributed by atoms with E-state index in [1.807, 2.05) is 37.4 Å². The standard InChI is InChI=1S/C13H15BrN2O2/c1-10-4-2-3-5-13(10)18-9-12(17)8-16-7-11(14)6-15-16/h2-7,12,17H,8-9H2,1H3. The van der Waals surface area contributed by atoms with E-state index in [2.05, 4.69) is 21.0 Å². The SMILES string of the molecule is Cc1ccccc1OCC(O)Cn1cc(Br)cn1. The minimum atomic E-state index is -0.587. The molecule has 0 saturated heterocycles. The average molecular weight is 311 g/mol. The van der Waals surface area contributed by atoms with Gasteiger partial charge < -0.3 is 9.84 Å². The van der Waals surface area contributed by atoms with Gasteiger partial charge in [-0.1, -0.05) is 18.2 Å². The van der Waals surface area contributed by atoms with Crippen molar-refractivity contribution in [3.8, 4) is 5.75 Å². The number of aryl methyl sites for hydroxylation is 1. The summed E-state index contributed by atoms with van der Waals surface area (Å²) in [4.78, 5) is 0. The quantitative estimate of drug-likeness (QED) is 0.922. The Labute approximate surface area is 114 Å². The van der Waals surface area contributed by atoms with E-state index in [0.29, 0.717) is 6.54 Å². The van der Waals surface area contributed by atoms with E-state index in [0.717, 1.165) is 15.8 Å². The van der Waals surface area contributed by atoms with Gasteiger partial charge in [0.05, 0.1) is 17.2 Å². The maximum Gasteiger partial charge on any atom is 0.122 e. The van der Waals surface area contributed by atoms with Crippen molar-refractivity contribution in [2.45, 2.75) is 19.6 Å². The zero-order valence-corrected chi connectivity index (χ0v) is 11.7. The number of aliphatic hydroxyl groups is 1. The number of hydrogen-bond acceptors (Lipinski definition) is 3. The Morgan fingerprint density at radius 2 is 2.22 bits per heavy atom. The number of hydrogen-bond donors (Lipinski definition) is 1. The molecule has 18 heavy (non-hydrogen) atoms. The molecule has 1 heterocycles. The van der Waals surface area contributed by atoms with Crippen molar-refractivity contribution in [3.63, 3.8) is 0 Å². The molecular formula is C13H15BrN2O2. The second kappa shape index (κ2) is 6.02. The number of nitrogens with zero attached hydrogens (tertiary/aromatic N) is 2. The van der Waals surface area contributed by atoms with Crippen molar-refractivity contribution in [1.82, 2.24) is 9.78 Å². The number of ether oxygens (including phenoxy) is 1. The van der Waals surface area contributed by atoms with Gasteiger partial charge in [0.15, 0.2) is 0 Å². The summed E-state index contributed by atoms with van der Waals surface area (Å²) in [6.45, 7) is 2.64. The van der Waals surface area contributed by atoms with Crippen LogP contribution in [0.3, 0.4) is 0 Å². The monoisotopic (exact) mass is 310 g/mol. The van der Waals surface area contributed by atoms with E-state index in [1.165, 1.54) is 0 Å². The molecule has 0 bridgehead atoms. The second-order valence-corrected chi connectivity index (χ2v) is 5.03. The molecule has 2 aromatic rings. The first-order valence-corrected chi connectivity index (χ1v) is 6.49. The lowest BCUT2D eigenvalue weighted by atomic mass is 10.2. The summed E-state index contributed by atoms with van der Waals surface area (Å²) < 4.78 is 8.15. The zero-order valence-electron chi connectivity index (χ0n) is 10.1. The van der Waals surface area contributed by atoms with Crippen LogP contribution in [0.2, 0.25) is 0 Å². The summed E-state index contributed by atoms with van der Waals surface area (Å²) in [5.41, 5.74) is 1.06. The number of rotatable bonds is 5. The topological polar surface area (TPSA) is 47.3 Å². The molecule has 0 radical (unpaired) electrons. The third-order valence-corrected chi connectivity index (χ3v) is 2.93. The van der Waals surface area contributed by atoms with Crippen LogP contribution in [0.4, 0.5) is 0 Å². The second-order valence-electron chi connectivity index (χ2n) is 4.11.